The molecule has 0 radical (unpaired) electrons. The van der Waals surface area contributed by atoms with Crippen molar-refractivity contribution in [3.63, 3.8) is 0 Å². The Kier molecular flexibility index (Phi) is 3.41. The summed E-state index contributed by atoms with van der Waals surface area (Å²) in [6, 6.07) is 5.59. The van der Waals surface area contributed by atoms with E-state index in [1.54, 1.807) is 0 Å². The summed E-state index contributed by atoms with van der Waals surface area (Å²) in [4.78, 5) is 6.94. The molecule has 4 nitrogen and oxygen atoms in total. The fraction of sp³-hybridized carbons (Fsp3) is 0.500. The van der Waals surface area contributed by atoms with Gasteiger partial charge in [0.1, 0.15) is 5.52 Å². The summed E-state index contributed by atoms with van der Waals surface area (Å²) in [5, 5.41) is 1.34. The highest BCUT2D eigenvalue weighted by molar-refractivity contribution is 8.00. The van der Waals surface area contributed by atoms with Gasteiger partial charge >= 0.3 is 0 Å². The van der Waals surface area contributed by atoms with Crippen molar-refractivity contribution in [2.45, 2.75) is 30.9 Å². The van der Waals surface area contributed by atoms with Crippen LogP contribution in [0.1, 0.15) is 19.7 Å². The van der Waals surface area contributed by atoms with E-state index < -0.39 is 0 Å². The third kappa shape index (κ3) is 2.87. The van der Waals surface area contributed by atoms with Gasteiger partial charge in [0, 0.05) is 29.3 Å². The van der Waals surface area contributed by atoms with Crippen LogP contribution in [0.15, 0.2) is 22.6 Å². The number of nitrogens with two attached hydrogens (primary N) is 1. The molecular formula is C14H19N3OS. The molecule has 2 atom stereocenters. The molecule has 1 saturated heterocycles. The molecule has 0 bridgehead atoms. The van der Waals surface area contributed by atoms with E-state index in [2.05, 4.69) is 35.5 Å². The van der Waals surface area contributed by atoms with E-state index in [0.29, 0.717) is 10.5 Å². The molecule has 1 aliphatic heterocycles. The topological polar surface area (TPSA) is 55.3 Å². The van der Waals surface area contributed by atoms with Gasteiger partial charge in [-0.05, 0) is 18.2 Å². The highest BCUT2D eigenvalue weighted by Crippen LogP contribution is 2.26. The zero-order valence-corrected chi connectivity index (χ0v) is 12.1. The summed E-state index contributed by atoms with van der Waals surface area (Å²) in [5.74, 6) is 0.784. The van der Waals surface area contributed by atoms with Gasteiger partial charge in [0.25, 0.3) is 0 Å². The fourth-order valence-electron chi connectivity index (χ4n) is 2.66. The van der Waals surface area contributed by atoms with Gasteiger partial charge in [-0.3, -0.25) is 4.90 Å². The second-order valence-electron chi connectivity index (χ2n) is 5.29. The van der Waals surface area contributed by atoms with Crippen molar-refractivity contribution in [1.29, 1.82) is 0 Å². The van der Waals surface area contributed by atoms with Crippen molar-refractivity contribution in [1.82, 2.24) is 9.88 Å². The molecule has 1 aromatic carbocycles. The molecule has 0 amide bonds. The van der Waals surface area contributed by atoms with Gasteiger partial charge in [0.15, 0.2) is 5.58 Å². The second-order valence-corrected chi connectivity index (χ2v) is 7.17. The van der Waals surface area contributed by atoms with Gasteiger partial charge < -0.3 is 10.2 Å². The van der Waals surface area contributed by atoms with Crippen LogP contribution in [0.2, 0.25) is 0 Å². The summed E-state index contributed by atoms with van der Waals surface area (Å²) in [6.45, 7) is 7.52. The molecule has 2 aromatic rings. The molecular weight excluding hydrogens is 258 g/mol. The molecule has 1 aliphatic rings. The van der Waals surface area contributed by atoms with E-state index in [9.17, 15) is 0 Å². The first-order valence-corrected chi connectivity index (χ1v) is 7.57. The van der Waals surface area contributed by atoms with Crippen molar-refractivity contribution in [3.05, 3.63) is 24.1 Å². The van der Waals surface area contributed by atoms with E-state index in [1.165, 1.54) is 0 Å². The van der Waals surface area contributed by atoms with Crippen LogP contribution in [-0.2, 0) is 6.54 Å². The number of anilines is 1. The molecule has 2 N–H and O–H groups in total. The van der Waals surface area contributed by atoms with Crippen LogP contribution in [-0.4, -0.2) is 33.5 Å². The molecule has 0 aliphatic carbocycles. The van der Waals surface area contributed by atoms with Gasteiger partial charge in [-0.15, -0.1) is 0 Å². The Morgan fingerprint density at radius 2 is 2.11 bits per heavy atom. The number of oxazole rings is 1. The number of aromatic nitrogens is 1. The second kappa shape index (κ2) is 5.06. The average Bonchev–Trinajstić information content (AvgIpc) is 2.68. The SMILES string of the molecule is CC1CN(Cc2nc3cc(N)ccc3o2)CC(C)S1. The highest BCUT2D eigenvalue weighted by Gasteiger charge is 2.23. The summed E-state index contributed by atoms with van der Waals surface area (Å²) in [5.41, 5.74) is 8.15. The predicted octanol–water partition coefficient (Wildman–Crippen LogP) is 2.74. The van der Waals surface area contributed by atoms with Crippen LogP contribution in [0.25, 0.3) is 11.1 Å². The summed E-state index contributed by atoms with van der Waals surface area (Å²) in [6.07, 6.45) is 0. The quantitative estimate of drug-likeness (QED) is 0.855. The minimum absolute atomic E-state index is 0.670. The van der Waals surface area contributed by atoms with Crippen LogP contribution < -0.4 is 5.73 Å². The Hall–Kier alpha value is -1.20. The van der Waals surface area contributed by atoms with Crippen molar-refractivity contribution in [2.24, 2.45) is 0 Å². The van der Waals surface area contributed by atoms with E-state index >= 15 is 0 Å². The first-order valence-electron chi connectivity index (χ1n) is 6.63. The van der Waals surface area contributed by atoms with Crippen LogP contribution in [0, 0.1) is 0 Å². The van der Waals surface area contributed by atoms with Crippen molar-refractivity contribution in [3.8, 4) is 0 Å². The molecule has 2 heterocycles. The lowest BCUT2D eigenvalue weighted by atomic mass is 10.3. The van der Waals surface area contributed by atoms with Crippen molar-refractivity contribution in [2.75, 3.05) is 18.8 Å². The maximum atomic E-state index is 5.78. The minimum Gasteiger partial charge on any atom is -0.439 e. The maximum Gasteiger partial charge on any atom is 0.209 e. The Labute approximate surface area is 117 Å². The predicted molar refractivity (Wildman–Crippen MR) is 80.2 cm³/mol. The Morgan fingerprint density at radius 1 is 1.37 bits per heavy atom. The molecule has 0 spiro atoms. The Bertz CT molecular complexity index is 573. The molecule has 5 heteroatoms. The molecule has 2 unspecified atom stereocenters. The van der Waals surface area contributed by atoms with Gasteiger partial charge in [-0.1, -0.05) is 13.8 Å². The minimum atomic E-state index is 0.670. The third-order valence-corrected chi connectivity index (χ3v) is 4.54. The smallest absolute Gasteiger partial charge is 0.209 e. The van der Waals surface area contributed by atoms with Gasteiger partial charge in [-0.25, -0.2) is 4.98 Å². The molecule has 0 saturated carbocycles. The third-order valence-electron chi connectivity index (χ3n) is 3.31. The lowest BCUT2D eigenvalue weighted by Gasteiger charge is -2.33. The van der Waals surface area contributed by atoms with E-state index in [-0.39, 0.29) is 0 Å². The summed E-state index contributed by atoms with van der Waals surface area (Å²) in [7, 11) is 0. The molecule has 3 rings (SSSR count). The van der Waals surface area contributed by atoms with E-state index in [4.69, 9.17) is 10.2 Å². The van der Waals surface area contributed by atoms with Crippen LogP contribution in [0.3, 0.4) is 0 Å². The highest BCUT2D eigenvalue weighted by atomic mass is 32.2. The number of hydrogen-bond donors (Lipinski definition) is 1. The Morgan fingerprint density at radius 3 is 2.84 bits per heavy atom. The summed E-state index contributed by atoms with van der Waals surface area (Å²) >= 11 is 2.05. The number of nitrogen functional groups attached to an aromatic ring is 1. The number of rotatable bonds is 2. The lowest BCUT2D eigenvalue weighted by molar-refractivity contribution is 0.239. The maximum absolute atomic E-state index is 5.78. The number of nitrogens with zero attached hydrogens (tertiary/aromatic N) is 2. The van der Waals surface area contributed by atoms with Gasteiger partial charge in [-0.2, -0.15) is 11.8 Å². The number of benzene rings is 1. The van der Waals surface area contributed by atoms with E-state index in [0.717, 1.165) is 42.3 Å². The standard InChI is InChI=1S/C14H19N3OS/c1-9-6-17(7-10(2)19-9)8-14-16-12-5-11(15)3-4-13(12)18-14/h3-5,9-10H,6-8,15H2,1-2H3. The zero-order chi connectivity index (χ0) is 13.4. The molecule has 19 heavy (non-hydrogen) atoms. The monoisotopic (exact) mass is 277 g/mol. The normalized spacial score (nSPS) is 24.9. The fourth-order valence-corrected chi connectivity index (χ4v) is 4.05. The molecule has 1 fully saturated rings. The van der Waals surface area contributed by atoms with Gasteiger partial charge in [0.2, 0.25) is 5.89 Å². The molecule has 1 aromatic heterocycles. The molecule has 102 valence electrons. The first kappa shape index (κ1) is 12.8. The van der Waals surface area contributed by atoms with Crippen molar-refractivity contribution >= 4 is 28.5 Å². The van der Waals surface area contributed by atoms with Gasteiger partial charge in [0.05, 0.1) is 6.54 Å². The number of hydrogen-bond acceptors (Lipinski definition) is 5. The largest absolute Gasteiger partial charge is 0.439 e. The number of thioether (sulfide) groups is 1. The van der Waals surface area contributed by atoms with Crippen molar-refractivity contribution < 1.29 is 4.42 Å². The van der Waals surface area contributed by atoms with Crippen LogP contribution in [0.5, 0.6) is 0 Å². The van der Waals surface area contributed by atoms with Crippen LogP contribution in [0.4, 0.5) is 5.69 Å². The first-order chi connectivity index (χ1) is 9.10. The number of fused-ring (bicyclic) bond motifs is 1. The summed E-state index contributed by atoms with van der Waals surface area (Å²) < 4.78 is 5.78. The van der Waals surface area contributed by atoms with E-state index in [1.807, 2.05) is 18.2 Å². The zero-order valence-electron chi connectivity index (χ0n) is 11.3. The van der Waals surface area contributed by atoms with Crippen LogP contribution >= 0.6 is 11.8 Å². The average molecular weight is 277 g/mol. The lowest BCUT2D eigenvalue weighted by Crippen LogP contribution is -2.39. The Balaban J connectivity index is 1.77.